The number of thiocarbonyl (C=S) groups is 1. The lowest BCUT2D eigenvalue weighted by Gasteiger charge is -2.10. The van der Waals surface area contributed by atoms with Gasteiger partial charge >= 0.3 is 0 Å². The predicted octanol–water partition coefficient (Wildman–Crippen LogP) is 3.12. The van der Waals surface area contributed by atoms with Crippen molar-refractivity contribution >= 4 is 28.7 Å². The second kappa shape index (κ2) is 6.91. The molecule has 0 aromatic heterocycles. The lowest BCUT2D eigenvalue weighted by molar-refractivity contribution is 0.450. The summed E-state index contributed by atoms with van der Waals surface area (Å²) >= 11 is 5.19. The van der Waals surface area contributed by atoms with Crippen molar-refractivity contribution in [2.24, 2.45) is 5.10 Å². The highest BCUT2D eigenvalue weighted by Crippen LogP contribution is 2.23. The quantitative estimate of drug-likeness (QED) is 0.398. The van der Waals surface area contributed by atoms with Crippen LogP contribution in [0.25, 0.3) is 0 Å². The van der Waals surface area contributed by atoms with Crippen molar-refractivity contribution in [3.8, 4) is 11.5 Å². The molecule has 0 bridgehead atoms. The number of hydrazone groups is 1. The number of benzene rings is 2. The summed E-state index contributed by atoms with van der Waals surface area (Å²) in [6.07, 6.45) is 0. The third kappa shape index (κ3) is 3.95. The molecule has 0 spiro atoms. The third-order valence-corrected chi connectivity index (χ3v) is 3.28. The highest BCUT2D eigenvalue weighted by Gasteiger charge is 2.06. The van der Waals surface area contributed by atoms with Gasteiger partial charge in [0.2, 0.25) is 0 Å². The number of aryl methyl sites for hydroxylation is 1. The average Bonchev–Trinajstić information content (AvgIpc) is 2.47. The molecule has 0 fully saturated rings. The number of para-hydroxylation sites is 1. The molecule has 0 aliphatic heterocycles. The van der Waals surface area contributed by atoms with E-state index in [0.29, 0.717) is 16.4 Å². The van der Waals surface area contributed by atoms with Crippen molar-refractivity contribution < 1.29 is 10.2 Å². The summed E-state index contributed by atoms with van der Waals surface area (Å²) in [6.45, 7) is 3.71. The standard InChI is InChI=1S/C16H17N3O2S/c1-10-5-3-4-6-14(10)17-16(22)19-18-11(2)13-8-7-12(20)9-15(13)21/h3-9,20-21H,1-2H3,(H2,17,19,22)/b18-11+. The van der Waals surface area contributed by atoms with E-state index in [1.165, 1.54) is 12.1 Å². The van der Waals surface area contributed by atoms with E-state index in [2.05, 4.69) is 15.8 Å². The molecule has 0 unspecified atom stereocenters. The van der Waals surface area contributed by atoms with Gasteiger partial charge in [-0.05, 0) is 49.8 Å². The zero-order valence-corrected chi connectivity index (χ0v) is 13.1. The number of hydrogen-bond donors (Lipinski definition) is 4. The summed E-state index contributed by atoms with van der Waals surface area (Å²) < 4.78 is 0. The minimum Gasteiger partial charge on any atom is -0.508 e. The Balaban J connectivity index is 2.04. The van der Waals surface area contributed by atoms with Crippen LogP contribution in [0, 0.1) is 6.92 Å². The number of phenolic OH excluding ortho intramolecular Hbond substituents is 2. The van der Waals surface area contributed by atoms with Gasteiger partial charge in [-0.25, -0.2) is 0 Å². The third-order valence-electron chi connectivity index (χ3n) is 3.09. The predicted molar refractivity (Wildman–Crippen MR) is 92.5 cm³/mol. The molecule has 0 amide bonds. The first kappa shape index (κ1) is 15.8. The lowest BCUT2D eigenvalue weighted by Crippen LogP contribution is -2.25. The van der Waals surface area contributed by atoms with Crippen LogP contribution in [0.4, 0.5) is 5.69 Å². The van der Waals surface area contributed by atoms with Crippen LogP contribution in [0.2, 0.25) is 0 Å². The molecule has 114 valence electrons. The summed E-state index contributed by atoms with van der Waals surface area (Å²) in [5, 5.41) is 26.6. The first-order valence-corrected chi connectivity index (χ1v) is 7.07. The highest BCUT2D eigenvalue weighted by molar-refractivity contribution is 7.80. The van der Waals surface area contributed by atoms with Gasteiger partial charge < -0.3 is 15.5 Å². The number of hydrogen-bond acceptors (Lipinski definition) is 4. The molecule has 2 aromatic rings. The first-order chi connectivity index (χ1) is 10.5. The topological polar surface area (TPSA) is 76.9 Å². The van der Waals surface area contributed by atoms with Crippen LogP contribution < -0.4 is 10.7 Å². The zero-order chi connectivity index (χ0) is 16.1. The molecule has 0 atom stereocenters. The van der Waals surface area contributed by atoms with Crippen LogP contribution in [0.15, 0.2) is 47.6 Å². The van der Waals surface area contributed by atoms with Crippen molar-refractivity contribution in [1.29, 1.82) is 0 Å². The second-order valence-electron chi connectivity index (χ2n) is 4.78. The molecule has 2 rings (SSSR count). The smallest absolute Gasteiger partial charge is 0.191 e. The summed E-state index contributed by atoms with van der Waals surface area (Å²) in [5.41, 5.74) is 5.77. The maximum absolute atomic E-state index is 9.78. The van der Waals surface area contributed by atoms with Gasteiger partial charge in [-0.15, -0.1) is 0 Å². The summed E-state index contributed by atoms with van der Waals surface area (Å²) in [6, 6.07) is 12.1. The number of aromatic hydroxyl groups is 2. The molecule has 0 saturated carbocycles. The number of phenols is 2. The van der Waals surface area contributed by atoms with E-state index in [0.717, 1.165) is 11.3 Å². The molecule has 2 aromatic carbocycles. The zero-order valence-electron chi connectivity index (χ0n) is 12.3. The van der Waals surface area contributed by atoms with Crippen molar-refractivity contribution in [2.45, 2.75) is 13.8 Å². The Morgan fingerprint density at radius 3 is 2.55 bits per heavy atom. The fraction of sp³-hybridized carbons (Fsp3) is 0.125. The Hall–Kier alpha value is -2.60. The second-order valence-corrected chi connectivity index (χ2v) is 5.19. The SMILES string of the molecule is C/C(=N\NC(=S)Nc1ccccc1C)c1ccc(O)cc1O. The van der Waals surface area contributed by atoms with Gasteiger partial charge in [0, 0.05) is 17.3 Å². The molecule has 0 saturated heterocycles. The first-order valence-electron chi connectivity index (χ1n) is 6.66. The van der Waals surface area contributed by atoms with Crippen LogP contribution >= 0.6 is 12.2 Å². The molecule has 0 aliphatic carbocycles. The van der Waals surface area contributed by atoms with E-state index in [9.17, 15) is 10.2 Å². The van der Waals surface area contributed by atoms with Crippen LogP contribution in [0.1, 0.15) is 18.1 Å². The fourth-order valence-corrected chi connectivity index (χ4v) is 2.04. The molecule has 22 heavy (non-hydrogen) atoms. The average molecular weight is 315 g/mol. The van der Waals surface area contributed by atoms with Gasteiger partial charge in [-0.3, -0.25) is 5.43 Å². The fourth-order valence-electron chi connectivity index (χ4n) is 1.88. The van der Waals surface area contributed by atoms with Crippen LogP contribution in [0.3, 0.4) is 0 Å². The maximum Gasteiger partial charge on any atom is 0.191 e. The van der Waals surface area contributed by atoms with E-state index in [1.54, 1.807) is 13.0 Å². The van der Waals surface area contributed by atoms with Gasteiger partial charge in [0.25, 0.3) is 0 Å². The maximum atomic E-state index is 9.78. The monoisotopic (exact) mass is 315 g/mol. The van der Waals surface area contributed by atoms with E-state index in [4.69, 9.17) is 12.2 Å². The minimum atomic E-state index is -0.0409. The van der Waals surface area contributed by atoms with Gasteiger partial charge in [-0.1, -0.05) is 18.2 Å². The molecule has 0 aliphatic rings. The van der Waals surface area contributed by atoms with Gasteiger partial charge in [-0.2, -0.15) is 5.10 Å². The largest absolute Gasteiger partial charge is 0.508 e. The number of nitrogens with one attached hydrogen (secondary N) is 2. The lowest BCUT2D eigenvalue weighted by atomic mass is 10.1. The molecule has 0 radical (unpaired) electrons. The normalized spacial score (nSPS) is 11.1. The van der Waals surface area contributed by atoms with Crippen LogP contribution in [-0.4, -0.2) is 21.0 Å². The van der Waals surface area contributed by atoms with E-state index in [1.807, 2.05) is 31.2 Å². The van der Waals surface area contributed by atoms with Gasteiger partial charge in [0.1, 0.15) is 11.5 Å². The van der Waals surface area contributed by atoms with Crippen molar-refractivity contribution in [2.75, 3.05) is 5.32 Å². The van der Waals surface area contributed by atoms with E-state index >= 15 is 0 Å². The molecule has 5 nitrogen and oxygen atoms in total. The molecule has 0 heterocycles. The Morgan fingerprint density at radius 2 is 1.86 bits per heavy atom. The summed E-state index contributed by atoms with van der Waals surface area (Å²) in [4.78, 5) is 0. The summed E-state index contributed by atoms with van der Waals surface area (Å²) in [7, 11) is 0. The van der Waals surface area contributed by atoms with Crippen LogP contribution in [0.5, 0.6) is 11.5 Å². The highest BCUT2D eigenvalue weighted by atomic mass is 32.1. The molecular weight excluding hydrogens is 298 g/mol. The number of anilines is 1. The Labute approximate surface area is 134 Å². The van der Waals surface area contributed by atoms with Gasteiger partial charge in [0.15, 0.2) is 5.11 Å². The minimum absolute atomic E-state index is 0.00116. The van der Waals surface area contributed by atoms with Crippen molar-refractivity contribution in [3.63, 3.8) is 0 Å². The van der Waals surface area contributed by atoms with E-state index < -0.39 is 0 Å². The van der Waals surface area contributed by atoms with Gasteiger partial charge in [0.05, 0.1) is 5.71 Å². The molecule has 6 heteroatoms. The Bertz CT molecular complexity index is 729. The Kier molecular flexibility index (Phi) is 4.95. The van der Waals surface area contributed by atoms with Crippen LogP contribution in [-0.2, 0) is 0 Å². The van der Waals surface area contributed by atoms with E-state index in [-0.39, 0.29) is 11.5 Å². The van der Waals surface area contributed by atoms with Crippen molar-refractivity contribution in [3.05, 3.63) is 53.6 Å². The summed E-state index contributed by atoms with van der Waals surface area (Å²) in [5.74, 6) is -0.0421. The molecule has 4 N–H and O–H groups in total. The number of rotatable bonds is 3. The number of nitrogens with zero attached hydrogens (tertiary/aromatic N) is 1. The Morgan fingerprint density at radius 1 is 1.14 bits per heavy atom. The van der Waals surface area contributed by atoms with Crippen molar-refractivity contribution in [1.82, 2.24) is 5.43 Å². The molecular formula is C16H17N3O2S.